The van der Waals surface area contributed by atoms with Gasteiger partial charge in [-0.3, -0.25) is 15.1 Å². The molecule has 2 N–H and O–H groups in total. The molecule has 3 fully saturated rings. The van der Waals surface area contributed by atoms with Crippen LogP contribution in [0.1, 0.15) is 0 Å². The van der Waals surface area contributed by atoms with Crippen molar-refractivity contribution in [2.75, 3.05) is 79.2 Å². The molecule has 0 spiro atoms. The van der Waals surface area contributed by atoms with Crippen molar-refractivity contribution >= 4 is 0 Å². The maximum atomic E-state index is 5.54. The maximum absolute atomic E-state index is 5.54. The van der Waals surface area contributed by atoms with Crippen molar-refractivity contribution in [3.05, 3.63) is 0 Å². The SMILES string of the molecule is CN1CCNC(N2CCNCC2)(N2CCOCC2)C1. The van der Waals surface area contributed by atoms with Crippen LogP contribution < -0.4 is 10.6 Å². The third-order valence-electron chi connectivity index (χ3n) is 4.57. The lowest BCUT2D eigenvalue weighted by Crippen LogP contribution is -2.78. The Morgan fingerprint density at radius 1 is 0.895 bits per heavy atom. The number of morpholine rings is 1. The largest absolute Gasteiger partial charge is 0.379 e. The summed E-state index contributed by atoms with van der Waals surface area (Å²) in [4.78, 5) is 7.68. The molecule has 3 aliphatic rings. The first-order valence-electron chi connectivity index (χ1n) is 7.53. The molecule has 0 aromatic heterocycles. The molecule has 1 atom stereocenters. The van der Waals surface area contributed by atoms with Gasteiger partial charge in [-0.1, -0.05) is 0 Å². The molecular weight excluding hydrogens is 242 g/mol. The molecule has 0 bridgehead atoms. The summed E-state index contributed by atoms with van der Waals surface area (Å²) in [6.45, 7) is 11.5. The third-order valence-corrected chi connectivity index (χ3v) is 4.57. The number of hydrogen-bond donors (Lipinski definition) is 2. The van der Waals surface area contributed by atoms with Gasteiger partial charge >= 0.3 is 0 Å². The molecule has 3 saturated heterocycles. The molecule has 6 nitrogen and oxygen atoms in total. The molecule has 110 valence electrons. The van der Waals surface area contributed by atoms with Crippen molar-refractivity contribution in [1.29, 1.82) is 0 Å². The summed E-state index contributed by atoms with van der Waals surface area (Å²) in [6, 6.07) is 0. The van der Waals surface area contributed by atoms with Gasteiger partial charge in [-0.15, -0.1) is 0 Å². The Bertz CT molecular complexity index is 271. The zero-order valence-corrected chi connectivity index (χ0v) is 12.0. The van der Waals surface area contributed by atoms with Crippen LogP contribution in [0.4, 0.5) is 0 Å². The van der Waals surface area contributed by atoms with Gasteiger partial charge in [-0.05, 0) is 7.05 Å². The molecule has 0 amide bonds. The average Bonchev–Trinajstić information content (AvgIpc) is 2.49. The Hall–Kier alpha value is -0.240. The number of ether oxygens (including phenoxy) is 1. The second-order valence-corrected chi connectivity index (χ2v) is 5.82. The lowest BCUT2D eigenvalue weighted by Gasteiger charge is -2.56. The number of hydrogen-bond acceptors (Lipinski definition) is 6. The smallest absolute Gasteiger partial charge is 0.142 e. The van der Waals surface area contributed by atoms with Crippen LogP contribution >= 0.6 is 0 Å². The fourth-order valence-corrected chi connectivity index (χ4v) is 3.55. The van der Waals surface area contributed by atoms with Crippen molar-refractivity contribution in [3.63, 3.8) is 0 Å². The molecule has 0 aromatic carbocycles. The van der Waals surface area contributed by atoms with E-state index in [0.29, 0.717) is 0 Å². The molecule has 3 heterocycles. The zero-order valence-electron chi connectivity index (χ0n) is 12.0. The molecule has 0 saturated carbocycles. The van der Waals surface area contributed by atoms with Crippen LogP contribution in [-0.4, -0.2) is 99.7 Å². The number of rotatable bonds is 2. The van der Waals surface area contributed by atoms with Gasteiger partial charge in [0, 0.05) is 58.9 Å². The molecule has 0 aliphatic carbocycles. The van der Waals surface area contributed by atoms with Crippen molar-refractivity contribution in [2.45, 2.75) is 5.79 Å². The topological polar surface area (TPSA) is 43.0 Å². The average molecular weight is 269 g/mol. The molecule has 3 rings (SSSR count). The van der Waals surface area contributed by atoms with Gasteiger partial charge in [0.05, 0.1) is 13.2 Å². The van der Waals surface area contributed by atoms with E-state index in [9.17, 15) is 0 Å². The molecule has 3 aliphatic heterocycles. The minimum atomic E-state index is 0.0128. The van der Waals surface area contributed by atoms with Crippen LogP contribution in [0.5, 0.6) is 0 Å². The molecule has 0 radical (unpaired) electrons. The van der Waals surface area contributed by atoms with Crippen LogP contribution in [-0.2, 0) is 4.74 Å². The van der Waals surface area contributed by atoms with Crippen molar-refractivity contribution in [2.24, 2.45) is 0 Å². The molecule has 19 heavy (non-hydrogen) atoms. The maximum Gasteiger partial charge on any atom is 0.142 e. The van der Waals surface area contributed by atoms with E-state index < -0.39 is 0 Å². The highest BCUT2D eigenvalue weighted by Crippen LogP contribution is 2.23. The Morgan fingerprint density at radius 2 is 1.58 bits per heavy atom. The first kappa shape index (κ1) is 13.7. The highest BCUT2D eigenvalue weighted by atomic mass is 16.5. The van der Waals surface area contributed by atoms with Gasteiger partial charge in [0.25, 0.3) is 0 Å². The Kier molecular flexibility index (Phi) is 4.36. The van der Waals surface area contributed by atoms with Crippen LogP contribution in [0, 0.1) is 0 Å². The molecular formula is C13H27N5O. The Labute approximate surface area is 116 Å². The lowest BCUT2D eigenvalue weighted by molar-refractivity contribution is -0.146. The van der Waals surface area contributed by atoms with E-state index in [1.807, 2.05) is 0 Å². The fourth-order valence-electron chi connectivity index (χ4n) is 3.55. The van der Waals surface area contributed by atoms with E-state index in [-0.39, 0.29) is 5.79 Å². The summed E-state index contributed by atoms with van der Waals surface area (Å²) in [7, 11) is 2.23. The number of likely N-dealkylation sites (N-methyl/N-ethyl adjacent to an activating group) is 1. The summed E-state index contributed by atoms with van der Waals surface area (Å²) >= 11 is 0. The second kappa shape index (κ2) is 6.03. The van der Waals surface area contributed by atoms with Gasteiger partial charge < -0.3 is 15.0 Å². The van der Waals surface area contributed by atoms with Crippen LogP contribution in [0.2, 0.25) is 0 Å². The van der Waals surface area contributed by atoms with Crippen LogP contribution in [0.25, 0.3) is 0 Å². The van der Waals surface area contributed by atoms with E-state index in [4.69, 9.17) is 4.74 Å². The van der Waals surface area contributed by atoms with Gasteiger partial charge in [-0.2, -0.15) is 0 Å². The van der Waals surface area contributed by atoms with E-state index in [1.54, 1.807) is 0 Å². The molecule has 6 heteroatoms. The second-order valence-electron chi connectivity index (χ2n) is 5.82. The minimum absolute atomic E-state index is 0.0128. The zero-order chi connectivity index (χ0) is 13.1. The first-order valence-corrected chi connectivity index (χ1v) is 7.53. The van der Waals surface area contributed by atoms with E-state index in [0.717, 1.165) is 72.1 Å². The predicted molar refractivity (Wildman–Crippen MR) is 75.1 cm³/mol. The highest BCUT2D eigenvalue weighted by Gasteiger charge is 2.45. The predicted octanol–water partition coefficient (Wildman–Crippen LogP) is -1.59. The summed E-state index contributed by atoms with van der Waals surface area (Å²) < 4.78 is 5.54. The van der Waals surface area contributed by atoms with Gasteiger partial charge in [0.2, 0.25) is 0 Å². The van der Waals surface area contributed by atoms with E-state index in [1.165, 1.54) is 0 Å². The van der Waals surface area contributed by atoms with E-state index in [2.05, 4.69) is 32.4 Å². The first-order chi connectivity index (χ1) is 9.31. The van der Waals surface area contributed by atoms with Gasteiger partial charge in [0.15, 0.2) is 0 Å². The summed E-state index contributed by atoms with van der Waals surface area (Å²) in [6.07, 6.45) is 0. The van der Waals surface area contributed by atoms with Crippen molar-refractivity contribution < 1.29 is 4.74 Å². The lowest BCUT2D eigenvalue weighted by atomic mass is 10.1. The third kappa shape index (κ3) is 2.79. The molecule has 1 unspecified atom stereocenters. The number of piperazine rings is 2. The normalized spacial score (nSPS) is 36.5. The highest BCUT2D eigenvalue weighted by molar-refractivity contribution is 4.96. The summed E-state index contributed by atoms with van der Waals surface area (Å²) in [5.74, 6) is 0.0128. The monoisotopic (exact) mass is 269 g/mol. The summed E-state index contributed by atoms with van der Waals surface area (Å²) in [5, 5.41) is 7.29. The van der Waals surface area contributed by atoms with Gasteiger partial charge in [-0.25, -0.2) is 0 Å². The number of nitrogens with one attached hydrogen (secondary N) is 2. The van der Waals surface area contributed by atoms with Crippen LogP contribution in [0.15, 0.2) is 0 Å². The Balaban J connectivity index is 1.80. The minimum Gasteiger partial charge on any atom is -0.379 e. The summed E-state index contributed by atoms with van der Waals surface area (Å²) in [5.41, 5.74) is 0. The van der Waals surface area contributed by atoms with Gasteiger partial charge in [0.1, 0.15) is 5.79 Å². The fraction of sp³-hybridized carbons (Fsp3) is 1.00. The number of nitrogens with zero attached hydrogens (tertiary/aromatic N) is 3. The Morgan fingerprint density at radius 3 is 2.26 bits per heavy atom. The van der Waals surface area contributed by atoms with Crippen LogP contribution in [0.3, 0.4) is 0 Å². The molecule has 0 aromatic rings. The van der Waals surface area contributed by atoms with Crippen molar-refractivity contribution in [3.8, 4) is 0 Å². The standard InChI is InChI=1S/C13H27N5O/c1-16-5-4-15-13(12-16,17-6-2-14-3-7-17)18-8-10-19-11-9-18/h14-15H,2-12H2,1H3. The van der Waals surface area contributed by atoms with E-state index >= 15 is 0 Å². The van der Waals surface area contributed by atoms with Crippen molar-refractivity contribution in [1.82, 2.24) is 25.3 Å². The quantitative estimate of drug-likeness (QED) is 0.630.